The zero-order chi connectivity index (χ0) is 18.6. The number of carboxylic acid groups (broad SMARTS) is 1. The molecule has 0 aliphatic carbocycles. The predicted molar refractivity (Wildman–Crippen MR) is 97.5 cm³/mol. The third-order valence-electron chi connectivity index (χ3n) is 4.80. The lowest BCUT2D eigenvalue weighted by molar-refractivity contribution is 0.0696. The second kappa shape index (κ2) is 8.29. The van der Waals surface area contributed by atoms with Crippen LogP contribution < -0.4 is 4.72 Å². The number of aromatic carboxylic acids is 1. The van der Waals surface area contributed by atoms with Crippen molar-refractivity contribution in [2.24, 2.45) is 5.92 Å². The average Bonchev–Trinajstić information content (AvgIpc) is 2.56. The predicted octanol–water partition coefficient (Wildman–Crippen LogP) is 2.40. The van der Waals surface area contributed by atoms with E-state index in [0.717, 1.165) is 19.6 Å². The van der Waals surface area contributed by atoms with Gasteiger partial charge in [-0.3, -0.25) is 0 Å². The molecule has 0 saturated carbocycles. The summed E-state index contributed by atoms with van der Waals surface area (Å²) in [6.07, 6.45) is 3.69. The number of likely N-dealkylation sites (tertiary alicyclic amines) is 1. The Morgan fingerprint density at radius 3 is 2.48 bits per heavy atom. The summed E-state index contributed by atoms with van der Waals surface area (Å²) in [5.41, 5.74) is 1.23. The summed E-state index contributed by atoms with van der Waals surface area (Å²) in [5.74, 6) is -0.935. The lowest BCUT2D eigenvalue weighted by atomic mass is 10.1. The van der Waals surface area contributed by atoms with Crippen molar-refractivity contribution in [2.75, 3.05) is 26.2 Å². The Kier molecular flexibility index (Phi) is 6.59. The molecular weight excluding hydrogens is 340 g/mol. The number of nitrogens with zero attached hydrogens (tertiary/aromatic N) is 1. The number of rotatable bonds is 7. The number of hydrogen-bond acceptors (Lipinski definition) is 4. The molecule has 1 fully saturated rings. The van der Waals surface area contributed by atoms with Gasteiger partial charge in [0.15, 0.2) is 0 Å². The Labute approximate surface area is 150 Å². The number of sulfonamides is 1. The standard InChI is InChI=1S/C18H28N2O4S/c1-13(12-20-7-5-4-6-8-20)11-19-25(23,24)17-10-16(18(21)22)9-14(2)15(17)3/h9-10,13,19H,4-8,11-12H2,1-3H3,(H,21,22). The fourth-order valence-corrected chi connectivity index (χ4v) is 4.71. The van der Waals surface area contributed by atoms with Crippen LogP contribution in [-0.2, 0) is 10.0 Å². The highest BCUT2D eigenvalue weighted by Crippen LogP contribution is 2.21. The van der Waals surface area contributed by atoms with Crippen LogP contribution in [0.3, 0.4) is 0 Å². The van der Waals surface area contributed by atoms with Crippen molar-refractivity contribution in [2.45, 2.75) is 44.9 Å². The van der Waals surface area contributed by atoms with Gasteiger partial charge in [-0.05, 0) is 69.0 Å². The van der Waals surface area contributed by atoms with Gasteiger partial charge >= 0.3 is 5.97 Å². The molecule has 1 aromatic carbocycles. The topological polar surface area (TPSA) is 86.7 Å². The molecule has 25 heavy (non-hydrogen) atoms. The average molecular weight is 368 g/mol. The van der Waals surface area contributed by atoms with Crippen molar-refractivity contribution in [1.82, 2.24) is 9.62 Å². The summed E-state index contributed by atoms with van der Waals surface area (Å²) < 4.78 is 28.0. The smallest absolute Gasteiger partial charge is 0.335 e. The van der Waals surface area contributed by atoms with Crippen LogP contribution in [0.15, 0.2) is 17.0 Å². The normalized spacial score (nSPS) is 17.4. The van der Waals surface area contributed by atoms with Crippen LogP contribution >= 0.6 is 0 Å². The van der Waals surface area contributed by atoms with Crippen LogP contribution in [0.25, 0.3) is 0 Å². The molecule has 140 valence electrons. The molecular formula is C18H28N2O4S. The Bertz CT molecular complexity index is 725. The van der Waals surface area contributed by atoms with Crippen LogP contribution in [0.5, 0.6) is 0 Å². The van der Waals surface area contributed by atoms with Gasteiger partial charge in [-0.15, -0.1) is 0 Å². The minimum Gasteiger partial charge on any atom is -0.478 e. The van der Waals surface area contributed by atoms with Gasteiger partial charge in [-0.1, -0.05) is 13.3 Å². The Morgan fingerprint density at radius 2 is 1.88 bits per heavy atom. The minimum absolute atomic E-state index is 0.00941. The first-order valence-corrected chi connectivity index (χ1v) is 10.3. The zero-order valence-corrected chi connectivity index (χ0v) is 16.0. The van der Waals surface area contributed by atoms with Crippen molar-refractivity contribution in [3.8, 4) is 0 Å². The quantitative estimate of drug-likeness (QED) is 0.772. The van der Waals surface area contributed by atoms with Gasteiger partial charge in [-0.2, -0.15) is 0 Å². The first kappa shape index (κ1) is 19.9. The summed E-state index contributed by atoms with van der Waals surface area (Å²) >= 11 is 0. The first-order valence-electron chi connectivity index (χ1n) is 8.77. The lowest BCUT2D eigenvalue weighted by Crippen LogP contribution is -2.38. The molecule has 2 rings (SSSR count). The Morgan fingerprint density at radius 1 is 1.24 bits per heavy atom. The van der Waals surface area contributed by atoms with Gasteiger partial charge in [0.2, 0.25) is 10.0 Å². The summed E-state index contributed by atoms with van der Waals surface area (Å²) in [6.45, 7) is 8.83. The summed E-state index contributed by atoms with van der Waals surface area (Å²) in [4.78, 5) is 13.6. The van der Waals surface area contributed by atoms with E-state index in [9.17, 15) is 13.2 Å². The van der Waals surface area contributed by atoms with Crippen molar-refractivity contribution in [1.29, 1.82) is 0 Å². The Hall–Kier alpha value is -1.44. The molecule has 1 aromatic rings. The first-order chi connectivity index (χ1) is 11.7. The second-order valence-corrected chi connectivity index (χ2v) is 8.78. The van der Waals surface area contributed by atoms with E-state index >= 15 is 0 Å². The van der Waals surface area contributed by atoms with Gasteiger partial charge in [-0.25, -0.2) is 17.9 Å². The van der Waals surface area contributed by atoms with Gasteiger partial charge in [0.25, 0.3) is 0 Å². The van der Waals surface area contributed by atoms with E-state index in [0.29, 0.717) is 17.7 Å². The molecule has 0 spiro atoms. The SMILES string of the molecule is Cc1cc(C(=O)O)cc(S(=O)(=O)NCC(C)CN2CCCCC2)c1C. The maximum Gasteiger partial charge on any atom is 0.335 e. The number of carboxylic acids is 1. The van der Waals surface area contributed by atoms with Crippen molar-refractivity contribution >= 4 is 16.0 Å². The highest BCUT2D eigenvalue weighted by atomic mass is 32.2. The third-order valence-corrected chi connectivity index (χ3v) is 6.35. The molecule has 1 unspecified atom stereocenters. The van der Waals surface area contributed by atoms with Gasteiger partial charge in [0, 0.05) is 13.1 Å². The largest absolute Gasteiger partial charge is 0.478 e. The number of aryl methyl sites for hydroxylation is 1. The molecule has 0 aromatic heterocycles. The molecule has 1 heterocycles. The van der Waals surface area contributed by atoms with Crippen LogP contribution in [0.2, 0.25) is 0 Å². The fourth-order valence-electron chi connectivity index (χ4n) is 3.21. The van der Waals surface area contributed by atoms with E-state index in [1.165, 1.54) is 31.4 Å². The summed E-state index contributed by atoms with van der Waals surface area (Å²) in [5, 5.41) is 9.17. The molecule has 0 bridgehead atoms. The van der Waals surface area contributed by atoms with Crippen LogP contribution in [0, 0.1) is 19.8 Å². The number of benzene rings is 1. The van der Waals surface area contributed by atoms with Crippen LogP contribution in [0.1, 0.15) is 47.7 Å². The minimum atomic E-state index is -3.74. The van der Waals surface area contributed by atoms with E-state index in [4.69, 9.17) is 5.11 Å². The molecule has 0 radical (unpaired) electrons. The van der Waals surface area contributed by atoms with Crippen LogP contribution in [0.4, 0.5) is 0 Å². The van der Waals surface area contributed by atoms with Crippen LogP contribution in [-0.4, -0.2) is 50.6 Å². The fraction of sp³-hybridized carbons (Fsp3) is 0.611. The summed E-state index contributed by atoms with van der Waals surface area (Å²) in [7, 11) is -3.74. The lowest BCUT2D eigenvalue weighted by Gasteiger charge is -2.29. The number of nitrogens with one attached hydrogen (secondary N) is 1. The third kappa shape index (κ3) is 5.26. The molecule has 1 atom stereocenters. The van der Waals surface area contributed by atoms with Gasteiger partial charge in [0.1, 0.15) is 0 Å². The van der Waals surface area contributed by atoms with E-state index in [1.807, 2.05) is 6.92 Å². The van der Waals surface area contributed by atoms with E-state index in [-0.39, 0.29) is 16.4 Å². The van der Waals surface area contributed by atoms with E-state index < -0.39 is 16.0 Å². The highest BCUT2D eigenvalue weighted by molar-refractivity contribution is 7.89. The van der Waals surface area contributed by atoms with Crippen molar-refractivity contribution < 1.29 is 18.3 Å². The molecule has 0 amide bonds. The number of piperidine rings is 1. The maximum absolute atomic E-state index is 12.7. The van der Waals surface area contributed by atoms with Gasteiger partial charge in [0.05, 0.1) is 10.5 Å². The maximum atomic E-state index is 12.7. The second-order valence-electron chi connectivity index (χ2n) is 7.04. The van der Waals surface area contributed by atoms with Gasteiger partial charge < -0.3 is 10.0 Å². The Balaban J connectivity index is 2.07. The number of hydrogen-bond donors (Lipinski definition) is 2. The van der Waals surface area contributed by atoms with E-state index in [2.05, 4.69) is 9.62 Å². The molecule has 1 aliphatic heterocycles. The summed E-state index contributed by atoms with van der Waals surface area (Å²) in [6, 6.07) is 2.73. The zero-order valence-electron chi connectivity index (χ0n) is 15.2. The monoisotopic (exact) mass is 368 g/mol. The molecule has 6 nitrogen and oxygen atoms in total. The highest BCUT2D eigenvalue weighted by Gasteiger charge is 2.22. The molecule has 7 heteroatoms. The van der Waals surface area contributed by atoms with Crippen molar-refractivity contribution in [3.63, 3.8) is 0 Å². The molecule has 1 aliphatic rings. The number of carbonyl (C=O) groups is 1. The van der Waals surface area contributed by atoms with E-state index in [1.54, 1.807) is 13.8 Å². The van der Waals surface area contributed by atoms with Crippen molar-refractivity contribution in [3.05, 3.63) is 28.8 Å². The molecule has 1 saturated heterocycles. The molecule has 2 N–H and O–H groups in total.